The molecular formula is C22H21Cl2N9. The van der Waals surface area contributed by atoms with E-state index in [0.29, 0.717) is 49.3 Å². The minimum atomic E-state index is -0.186. The molecule has 5 heterocycles. The van der Waals surface area contributed by atoms with Crippen LogP contribution in [0.25, 0.3) is 33.2 Å². The van der Waals surface area contributed by atoms with Gasteiger partial charge in [0.1, 0.15) is 16.9 Å². The number of piperidine rings is 1. The molecule has 2 bridgehead atoms. The van der Waals surface area contributed by atoms with Gasteiger partial charge in [0, 0.05) is 30.2 Å². The first kappa shape index (κ1) is 20.7. The maximum absolute atomic E-state index is 9.98. The largest absolute Gasteiger partial charge is 0.335 e. The maximum atomic E-state index is 9.98. The lowest BCUT2D eigenvalue weighted by Gasteiger charge is -2.43. The van der Waals surface area contributed by atoms with E-state index in [1.807, 2.05) is 12.1 Å². The van der Waals surface area contributed by atoms with Gasteiger partial charge in [0.25, 0.3) is 0 Å². The Balaban J connectivity index is 1.50. The van der Waals surface area contributed by atoms with Crippen LogP contribution in [0.3, 0.4) is 0 Å². The van der Waals surface area contributed by atoms with E-state index in [2.05, 4.69) is 38.2 Å². The molecule has 2 atom stereocenters. The van der Waals surface area contributed by atoms with E-state index < -0.39 is 0 Å². The first-order chi connectivity index (χ1) is 15.8. The monoisotopic (exact) mass is 481 g/mol. The highest BCUT2D eigenvalue weighted by Crippen LogP contribution is 2.43. The van der Waals surface area contributed by atoms with E-state index in [1.165, 1.54) is 0 Å². The Morgan fingerprint density at radius 3 is 2.61 bits per heavy atom. The average molecular weight is 482 g/mol. The zero-order valence-corrected chi connectivity index (χ0v) is 19.6. The second-order valence-corrected chi connectivity index (χ2v) is 10.1. The molecule has 168 valence electrons. The Kier molecular flexibility index (Phi) is 4.40. The Labute approximate surface area is 199 Å². The van der Waals surface area contributed by atoms with Gasteiger partial charge in [-0.25, -0.2) is 4.98 Å². The van der Waals surface area contributed by atoms with Crippen molar-refractivity contribution < 1.29 is 0 Å². The summed E-state index contributed by atoms with van der Waals surface area (Å²) in [5.74, 6) is 0.550. The lowest BCUT2D eigenvalue weighted by molar-refractivity contribution is 0.304. The third-order valence-corrected chi connectivity index (χ3v) is 7.72. The molecule has 3 N–H and O–H groups in total. The number of nitrogens with one attached hydrogen (secondary N) is 1. The van der Waals surface area contributed by atoms with Crippen molar-refractivity contribution in [3.8, 4) is 17.3 Å². The molecule has 6 rings (SSSR count). The van der Waals surface area contributed by atoms with Gasteiger partial charge < -0.3 is 10.6 Å². The predicted octanol–water partition coefficient (Wildman–Crippen LogP) is 3.93. The molecule has 3 aromatic heterocycles. The van der Waals surface area contributed by atoms with Crippen LogP contribution in [0, 0.1) is 11.3 Å². The molecule has 0 aliphatic carbocycles. The summed E-state index contributed by atoms with van der Waals surface area (Å²) in [5, 5.41) is 23.8. The van der Waals surface area contributed by atoms with Crippen molar-refractivity contribution in [2.24, 2.45) is 12.8 Å². The molecule has 11 heteroatoms. The number of hydrogen-bond acceptors (Lipinski definition) is 7. The van der Waals surface area contributed by atoms with Crippen molar-refractivity contribution in [1.82, 2.24) is 29.9 Å². The molecule has 1 aromatic carbocycles. The second-order valence-electron chi connectivity index (χ2n) is 9.37. The molecule has 0 amide bonds. The van der Waals surface area contributed by atoms with E-state index in [4.69, 9.17) is 33.9 Å². The summed E-state index contributed by atoms with van der Waals surface area (Å²) in [4.78, 5) is 11.7. The number of hydrogen-bond donors (Lipinski definition) is 2. The number of nitrogens with zero attached hydrogens (tertiary/aromatic N) is 7. The van der Waals surface area contributed by atoms with Crippen LogP contribution < -0.4 is 10.6 Å². The minimum absolute atomic E-state index is 0.186. The smallest absolute Gasteiger partial charge is 0.229 e. The Hall–Kier alpha value is -2.93. The molecular weight excluding hydrogens is 461 g/mol. The first-order valence-corrected chi connectivity index (χ1v) is 11.6. The van der Waals surface area contributed by atoms with Crippen LogP contribution in [-0.2, 0) is 7.05 Å². The van der Waals surface area contributed by atoms with Gasteiger partial charge in [-0.2, -0.15) is 20.4 Å². The summed E-state index contributed by atoms with van der Waals surface area (Å²) < 4.78 is 1.57. The number of nitriles is 1. The minimum Gasteiger partial charge on any atom is -0.335 e. The lowest BCUT2D eigenvalue weighted by atomic mass is 9.86. The fourth-order valence-electron chi connectivity index (χ4n) is 5.55. The molecule has 2 fully saturated rings. The second kappa shape index (κ2) is 7.03. The van der Waals surface area contributed by atoms with Crippen LogP contribution in [0.5, 0.6) is 0 Å². The number of aromatic nitrogens is 6. The van der Waals surface area contributed by atoms with Gasteiger partial charge >= 0.3 is 0 Å². The number of nitrogens with two attached hydrogens (primary N) is 1. The highest BCUT2D eigenvalue weighted by atomic mass is 35.5. The van der Waals surface area contributed by atoms with Crippen LogP contribution in [-0.4, -0.2) is 47.6 Å². The predicted molar refractivity (Wildman–Crippen MR) is 127 cm³/mol. The number of aryl methyl sites for hydroxylation is 1. The number of aromatic amines is 1. The van der Waals surface area contributed by atoms with Crippen LogP contribution in [0.15, 0.2) is 12.1 Å². The van der Waals surface area contributed by atoms with Crippen LogP contribution in [0.1, 0.15) is 38.3 Å². The first-order valence-electron chi connectivity index (χ1n) is 10.8. The highest BCUT2D eigenvalue weighted by molar-refractivity contribution is 6.43. The van der Waals surface area contributed by atoms with Crippen LogP contribution in [0.4, 0.5) is 5.95 Å². The van der Waals surface area contributed by atoms with E-state index in [0.717, 1.165) is 25.7 Å². The standard InChI is InChI=1S/C22H21Cl2N9/c1-22(26)7-10-3-4-11(8-22)33(10)21-27-14(9-25)16-18(29-30-20(16)28-21)12-5-6-13-15(17(12)23)19(24)32(2)31-13/h5-6,10-11H,3-4,7-8,26H2,1-2H3,(H,27,28,29,30). The molecule has 0 saturated carbocycles. The number of benzene rings is 1. The number of H-pyrrole nitrogens is 1. The van der Waals surface area contributed by atoms with Gasteiger partial charge in [0.15, 0.2) is 11.3 Å². The summed E-state index contributed by atoms with van der Waals surface area (Å²) >= 11 is 13.2. The van der Waals surface area contributed by atoms with Crippen molar-refractivity contribution >= 4 is 51.1 Å². The molecule has 4 aromatic rings. The highest BCUT2D eigenvalue weighted by Gasteiger charge is 2.45. The molecule has 2 saturated heterocycles. The Bertz CT molecular complexity index is 1460. The van der Waals surface area contributed by atoms with Crippen molar-refractivity contribution in [3.63, 3.8) is 0 Å². The summed E-state index contributed by atoms with van der Waals surface area (Å²) in [6.07, 6.45) is 3.86. The molecule has 2 unspecified atom stereocenters. The summed E-state index contributed by atoms with van der Waals surface area (Å²) in [7, 11) is 1.76. The lowest BCUT2D eigenvalue weighted by Crippen LogP contribution is -2.54. The third-order valence-electron chi connectivity index (χ3n) is 6.89. The molecule has 0 spiro atoms. The molecule has 2 aliphatic rings. The van der Waals surface area contributed by atoms with E-state index in [-0.39, 0.29) is 23.3 Å². The van der Waals surface area contributed by atoms with E-state index in [9.17, 15) is 5.26 Å². The third kappa shape index (κ3) is 3.01. The number of halogens is 2. The van der Waals surface area contributed by atoms with Crippen molar-refractivity contribution in [1.29, 1.82) is 5.26 Å². The normalized spacial score (nSPS) is 24.7. The van der Waals surface area contributed by atoms with Gasteiger partial charge in [0.05, 0.1) is 21.3 Å². The molecule has 2 aliphatic heterocycles. The fourth-order valence-corrected chi connectivity index (χ4v) is 6.17. The zero-order valence-electron chi connectivity index (χ0n) is 18.1. The zero-order chi connectivity index (χ0) is 23.1. The van der Waals surface area contributed by atoms with Gasteiger partial charge in [-0.3, -0.25) is 9.78 Å². The number of rotatable bonds is 2. The van der Waals surface area contributed by atoms with E-state index >= 15 is 0 Å². The van der Waals surface area contributed by atoms with Gasteiger partial charge in [-0.1, -0.05) is 23.2 Å². The molecule has 33 heavy (non-hydrogen) atoms. The number of fused-ring (bicyclic) bond motifs is 4. The van der Waals surface area contributed by atoms with Gasteiger partial charge in [0.2, 0.25) is 5.95 Å². The van der Waals surface area contributed by atoms with Crippen molar-refractivity contribution in [2.45, 2.75) is 50.2 Å². The van der Waals surface area contributed by atoms with Crippen molar-refractivity contribution in [2.75, 3.05) is 4.90 Å². The topological polar surface area (TPSA) is 125 Å². The van der Waals surface area contributed by atoms with Crippen molar-refractivity contribution in [3.05, 3.63) is 28.0 Å². The SMILES string of the molecule is Cn1nc2ccc(-c3n[nH]c4nc(N5C6CCC5CC(C)(N)C6)nc(C#N)c34)c(Cl)c2c1Cl. The maximum Gasteiger partial charge on any atom is 0.229 e. The quantitative estimate of drug-likeness (QED) is 0.443. The summed E-state index contributed by atoms with van der Waals surface area (Å²) in [6, 6.07) is 6.44. The summed E-state index contributed by atoms with van der Waals surface area (Å²) in [6.45, 7) is 2.11. The average Bonchev–Trinajstić information content (AvgIpc) is 3.40. The fraction of sp³-hybridized carbons (Fsp3) is 0.409. The van der Waals surface area contributed by atoms with Gasteiger partial charge in [-0.05, 0) is 44.7 Å². The Morgan fingerprint density at radius 1 is 1.18 bits per heavy atom. The summed E-state index contributed by atoms with van der Waals surface area (Å²) in [5.41, 5.74) is 8.85. The Morgan fingerprint density at radius 2 is 1.91 bits per heavy atom. The molecule has 0 radical (unpaired) electrons. The van der Waals surface area contributed by atoms with Crippen LogP contribution in [0.2, 0.25) is 10.2 Å². The number of anilines is 1. The van der Waals surface area contributed by atoms with Crippen LogP contribution >= 0.6 is 23.2 Å². The molecule has 9 nitrogen and oxygen atoms in total. The van der Waals surface area contributed by atoms with Gasteiger partial charge in [-0.15, -0.1) is 0 Å². The van der Waals surface area contributed by atoms with E-state index in [1.54, 1.807) is 11.7 Å².